The molecule has 0 heterocycles. The molecule has 0 unspecified atom stereocenters. The maximum absolute atomic E-state index is 2.40. The Morgan fingerprint density at radius 2 is 1.78 bits per heavy atom. The zero-order valence-corrected chi connectivity index (χ0v) is 6.70. The van der Waals surface area contributed by atoms with E-state index < -0.39 is 0 Å². The average Bonchev–Trinajstić information content (AvgIpc) is 2.17. The fraction of sp³-hybridized carbons (Fsp3) is 1.00. The molecule has 1 saturated carbocycles. The largest absolute Gasteiger partial charge is 0.412 e. The Labute approximate surface area is 57.8 Å². The fourth-order valence-electron chi connectivity index (χ4n) is 1.40. The molecule has 9 heavy (non-hydrogen) atoms. The molecule has 1 aliphatic rings. The van der Waals surface area contributed by atoms with Crippen molar-refractivity contribution in [3.8, 4) is 0 Å². The first kappa shape index (κ1) is 8.96. The summed E-state index contributed by atoms with van der Waals surface area (Å²) in [6.45, 7) is 7.01. The Morgan fingerprint density at radius 1 is 1.33 bits per heavy atom. The van der Waals surface area contributed by atoms with E-state index in [0.717, 1.165) is 11.3 Å². The summed E-state index contributed by atoms with van der Waals surface area (Å²) in [6, 6.07) is 0. The predicted molar refractivity (Wildman–Crippen MR) is 40.4 cm³/mol. The minimum absolute atomic E-state index is 0. The zero-order chi connectivity index (χ0) is 6.20. The van der Waals surface area contributed by atoms with Crippen LogP contribution in [0.2, 0.25) is 0 Å². The number of hydrogen-bond donors (Lipinski definition) is 0. The van der Waals surface area contributed by atoms with Gasteiger partial charge in [0.1, 0.15) is 0 Å². The molecule has 0 aliphatic heterocycles. The van der Waals surface area contributed by atoms with Crippen LogP contribution in [0, 0.1) is 11.3 Å². The molecule has 0 aromatic heterocycles. The van der Waals surface area contributed by atoms with Gasteiger partial charge >= 0.3 is 0 Å². The van der Waals surface area contributed by atoms with E-state index in [2.05, 4.69) is 20.8 Å². The van der Waals surface area contributed by atoms with E-state index in [4.69, 9.17) is 0 Å². The maximum Gasteiger partial charge on any atom is -0.0323 e. The van der Waals surface area contributed by atoms with Gasteiger partial charge in [0.05, 0.1) is 0 Å². The smallest absolute Gasteiger partial charge is 0.0323 e. The van der Waals surface area contributed by atoms with E-state index >= 15 is 0 Å². The second-order valence-electron chi connectivity index (χ2n) is 3.91. The molecule has 1 aliphatic carbocycles. The van der Waals surface area contributed by atoms with Crippen molar-refractivity contribution >= 4 is 0 Å². The van der Waals surface area contributed by atoms with Gasteiger partial charge in [-0.15, -0.1) is 0 Å². The quantitative estimate of drug-likeness (QED) is 0.547. The lowest BCUT2D eigenvalue weighted by atomic mass is 9.97. The summed E-state index contributed by atoms with van der Waals surface area (Å²) in [6.07, 6.45) is 4.39. The molecule has 0 bridgehead atoms. The Bertz CT molecular complexity index is 82.6. The van der Waals surface area contributed by atoms with Gasteiger partial charge in [0.15, 0.2) is 0 Å². The fourth-order valence-corrected chi connectivity index (χ4v) is 1.40. The van der Waals surface area contributed by atoms with Crippen LogP contribution in [0.5, 0.6) is 0 Å². The first-order valence-electron chi connectivity index (χ1n) is 3.62. The van der Waals surface area contributed by atoms with Gasteiger partial charge in [-0.2, -0.15) is 0 Å². The molecule has 1 nitrogen and oxygen atoms in total. The minimum atomic E-state index is 0. The molecule has 0 amide bonds. The van der Waals surface area contributed by atoms with Crippen molar-refractivity contribution in [2.24, 2.45) is 11.3 Å². The molecule has 2 N–H and O–H groups in total. The summed E-state index contributed by atoms with van der Waals surface area (Å²) >= 11 is 0. The van der Waals surface area contributed by atoms with Gasteiger partial charge in [0.25, 0.3) is 0 Å². The van der Waals surface area contributed by atoms with Gasteiger partial charge in [-0.25, -0.2) is 0 Å². The Balaban J connectivity index is 0.000000640. The molecular weight excluding hydrogens is 112 g/mol. The van der Waals surface area contributed by atoms with E-state index in [1.165, 1.54) is 19.3 Å². The van der Waals surface area contributed by atoms with Crippen LogP contribution in [-0.2, 0) is 0 Å². The average molecular weight is 130 g/mol. The van der Waals surface area contributed by atoms with E-state index in [9.17, 15) is 0 Å². The molecule has 1 heteroatoms. The van der Waals surface area contributed by atoms with Gasteiger partial charge in [-0.3, -0.25) is 0 Å². The van der Waals surface area contributed by atoms with E-state index in [-0.39, 0.29) is 5.48 Å². The lowest BCUT2D eigenvalue weighted by Gasteiger charge is -2.09. The molecule has 0 aromatic carbocycles. The summed E-state index contributed by atoms with van der Waals surface area (Å²) in [5, 5.41) is 0. The topological polar surface area (TPSA) is 31.5 Å². The highest BCUT2D eigenvalue weighted by Gasteiger charge is 2.37. The highest BCUT2D eigenvalue weighted by molar-refractivity contribution is 4.88. The van der Waals surface area contributed by atoms with Gasteiger partial charge in [-0.1, -0.05) is 20.8 Å². The molecule has 0 aromatic rings. The third kappa shape index (κ3) is 2.85. The minimum Gasteiger partial charge on any atom is -0.412 e. The summed E-state index contributed by atoms with van der Waals surface area (Å²) in [4.78, 5) is 0. The van der Waals surface area contributed by atoms with E-state index in [0.29, 0.717) is 0 Å². The van der Waals surface area contributed by atoms with Gasteiger partial charge < -0.3 is 5.48 Å². The van der Waals surface area contributed by atoms with Crippen LogP contribution >= 0.6 is 0 Å². The Kier molecular flexibility index (Phi) is 2.68. The van der Waals surface area contributed by atoms with Crippen LogP contribution in [-0.4, -0.2) is 5.48 Å². The van der Waals surface area contributed by atoms with Crippen molar-refractivity contribution in [1.82, 2.24) is 0 Å². The Hall–Kier alpha value is -0.0400. The highest BCUT2D eigenvalue weighted by atomic mass is 16.0. The van der Waals surface area contributed by atoms with Crippen molar-refractivity contribution in [2.75, 3.05) is 0 Å². The number of hydrogen-bond acceptors (Lipinski definition) is 0. The van der Waals surface area contributed by atoms with Crippen LogP contribution in [0.15, 0.2) is 0 Å². The third-order valence-corrected chi connectivity index (χ3v) is 2.00. The summed E-state index contributed by atoms with van der Waals surface area (Å²) in [7, 11) is 0. The van der Waals surface area contributed by atoms with Crippen molar-refractivity contribution < 1.29 is 5.48 Å². The van der Waals surface area contributed by atoms with E-state index in [1.54, 1.807) is 0 Å². The normalized spacial score (nSPS) is 21.3. The van der Waals surface area contributed by atoms with Gasteiger partial charge in [0, 0.05) is 0 Å². The SMILES string of the molecule is CC(C)CC1(C)CC1.O. The molecule has 0 spiro atoms. The van der Waals surface area contributed by atoms with Crippen molar-refractivity contribution in [2.45, 2.75) is 40.0 Å². The lowest BCUT2D eigenvalue weighted by Crippen LogP contribution is -1.98. The van der Waals surface area contributed by atoms with Crippen LogP contribution in [0.4, 0.5) is 0 Å². The maximum atomic E-state index is 2.40. The number of rotatable bonds is 2. The molecule has 0 saturated heterocycles. The van der Waals surface area contributed by atoms with Crippen LogP contribution in [0.25, 0.3) is 0 Å². The molecule has 56 valence electrons. The zero-order valence-electron chi connectivity index (χ0n) is 6.70. The molecule has 1 fully saturated rings. The molecule has 1 rings (SSSR count). The van der Waals surface area contributed by atoms with Crippen molar-refractivity contribution in [3.05, 3.63) is 0 Å². The summed E-state index contributed by atoms with van der Waals surface area (Å²) < 4.78 is 0. The highest BCUT2D eigenvalue weighted by Crippen LogP contribution is 2.49. The molecule has 0 atom stereocenters. The van der Waals surface area contributed by atoms with Gasteiger partial charge in [-0.05, 0) is 30.6 Å². The van der Waals surface area contributed by atoms with Crippen molar-refractivity contribution in [1.29, 1.82) is 0 Å². The standard InChI is InChI=1S/C8H16.H2O/c1-7(2)6-8(3)4-5-8;/h7H,4-6H2,1-3H3;1H2. The van der Waals surface area contributed by atoms with Crippen LogP contribution in [0.1, 0.15) is 40.0 Å². The Morgan fingerprint density at radius 3 is 1.89 bits per heavy atom. The lowest BCUT2D eigenvalue weighted by molar-refractivity contribution is 0.422. The molecular formula is C8H18O. The summed E-state index contributed by atoms with van der Waals surface area (Å²) in [5.41, 5.74) is 0.772. The first-order chi connectivity index (χ1) is 3.62. The van der Waals surface area contributed by atoms with E-state index in [1.807, 2.05) is 0 Å². The van der Waals surface area contributed by atoms with Crippen LogP contribution in [0.3, 0.4) is 0 Å². The monoisotopic (exact) mass is 130 g/mol. The second-order valence-corrected chi connectivity index (χ2v) is 3.91. The summed E-state index contributed by atoms with van der Waals surface area (Å²) in [5.74, 6) is 0.905. The third-order valence-electron chi connectivity index (χ3n) is 2.00. The van der Waals surface area contributed by atoms with Crippen molar-refractivity contribution in [3.63, 3.8) is 0 Å². The molecule has 0 radical (unpaired) electrons. The first-order valence-corrected chi connectivity index (χ1v) is 3.62. The second kappa shape index (κ2) is 2.70. The van der Waals surface area contributed by atoms with Crippen LogP contribution < -0.4 is 0 Å². The van der Waals surface area contributed by atoms with Gasteiger partial charge in [0.2, 0.25) is 0 Å². The predicted octanol–water partition coefficient (Wildman–Crippen LogP) is 2.01.